The fourth-order valence-corrected chi connectivity index (χ4v) is 3.92. The van der Waals surface area contributed by atoms with E-state index >= 15 is 0 Å². The Hall–Kier alpha value is -4.08. The second-order valence-electron chi connectivity index (χ2n) is 10.1. The summed E-state index contributed by atoms with van der Waals surface area (Å²) in [5.74, 6) is -2.63. The Bertz CT molecular complexity index is 1230. The van der Waals surface area contributed by atoms with Crippen molar-refractivity contribution in [2.24, 2.45) is 5.92 Å². The molecule has 3 rings (SSSR count). The quantitative estimate of drug-likeness (QED) is 0.201. The molecule has 10 heteroatoms. The number of hydrogen-bond acceptors (Lipinski definition) is 9. The van der Waals surface area contributed by atoms with Crippen LogP contribution in [0.15, 0.2) is 30.3 Å². The molecule has 0 aromatic heterocycles. The van der Waals surface area contributed by atoms with Gasteiger partial charge in [0.25, 0.3) is 0 Å². The number of alkyl carbamates (subject to hydrolysis) is 1. The third-order valence-electron chi connectivity index (χ3n) is 5.63. The Kier molecular flexibility index (Phi) is 8.10. The van der Waals surface area contributed by atoms with Crippen LogP contribution in [0.25, 0.3) is 0 Å². The molecular weight excluding hydrogens is 480 g/mol. The number of amides is 1. The molecule has 37 heavy (non-hydrogen) atoms. The second kappa shape index (κ2) is 10.9. The zero-order valence-corrected chi connectivity index (χ0v) is 21.5. The molecule has 0 bridgehead atoms. The van der Waals surface area contributed by atoms with E-state index in [4.69, 9.17) is 9.47 Å². The molecule has 0 fully saturated rings. The van der Waals surface area contributed by atoms with Gasteiger partial charge in [-0.1, -0.05) is 26.0 Å². The molecule has 0 spiro atoms. The van der Waals surface area contributed by atoms with Gasteiger partial charge in [0.2, 0.25) is 0 Å². The number of fused-ring (bicyclic) bond motifs is 2. The maximum atomic E-state index is 13.2. The van der Waals surface area contributed by atoms with Gasteiger partial charge in [0, 0.05) is 17.8 Å². The first-order valence-corrected chi connectivity index (χ1v) is 12.0. The highest BCUT2D eigenvalue weighted by molar-refractivity contribution is 6.31. The lowest BCUT2D eigenvalue weighted by molar-refractivity contribution is -0.147. The third-order valence-corrected chi connectivity index (χ3v) is 5.63. The van der Waals surface area contributed by atoms with Crippen LogP contribution in [0.4, 0.5) is 10.5 Å². The van der Waals surface area contributed by atoms with Crippen LogP contribution in [0, 0.1) is 5.92 Å². The van der Waals surface area contributed by atoms with Gasteiger partial charge in [-0.3, -0.25) is 9.59 Å². The van der Waals surface area contributed by atoms with Gasteiger partial charge in [0.15, 0.2) is 11.6 Å². The lowest BCUT2D eigenvalue weighted by atomic mass is 9.82. The number of carbonyl (C=O) groups is 4. The number of ketones is 2. The lowest BCUT2D eigenvalue weighted by Crippen LogP contribution is -2.47. The van der Waals surface area contributed by atoms with Gasteiger partial charge in [-0.05, 0) is 51.3 Å². The highest BCUT2D eigenvalue weighted by atomic mass is 16.6. The molecule has 10 nitrogen and oxygen atoms in total. The van der Waals surface area contributed by atoms with E-state index in [-0.39, 0.29) is 52.8 Å². The molecule has 1 aliphatic carbocycles. The monoisotopic (exact) mass is 512 g/mol. The van der Waals surface area contributed by atoms with E-state index < -0.39 is 35.3 Å². The van der Waals surface area contributed by atoms with Crippen LogP contribution >= 0.6 is 0 Å². The van der Waals surface area contributed by atoms with Crippen molar-refractivity contribution in [2.75, 3.05) is 18.5 Å². The van der Waals surface area contributed by atoms with E-state index in [2.05, 4.69) is 10.6 Å². The van der Waals surface area contributed by atoms with Crippen LogP contribution in [-0.4, -0.2) is 58.6 Å². The SMILES string of the molecule is CC(C)[C@H](NC(=O)OC(C)(C)C)C(=O)OCCCNc1ccc(O)c2c1C(=O)c1c(O)cccc1C2=O. The molecule has 2 aromatic carbocycles. The standard InChI is InChI=1S/C27H32N2O8/c1-14(2)22(29-26(35)37-27(3,4)5)25(34)36-13-7-12-28-16-10-11-18(31)21-20(16)24(33)19-15(23(21)32)8-6-9-17(19)30/h6,8-11,14,22,28,30-31H,7,12-13H2,1-5H3,(H,29,35)/t22-/m0/s1. The van der Waals surface area contributed by atoms with Crippen molar-refractivity contribution >= 4 is 29.3 Å². The number of ether oxygens (including phenoxy) is 2. The van der Waals surface area contributed by atoms with Crippen molar-refractivity contribution in [2.45, 2.75) is 52.7 Å². The highest BCUT2D eigenvalue weighted by Crippen LogP contribution is 2.39. The maximum absolute atomic E-state index is 13.2. The fraction of sp³-hybridized carbons (Fsp3) is 0.407. The van der Waals surface area contributed by atoms with Crippen LogP contribution in [0.5, 0.6) is 11.5 Å². The molecule has 1 aliphatic rings. The van der Waals surface area contributed by atoms with Crippen molar-refractivity contribution in [3.63, 3.8) is 0 Å². The molecule has 0 aliphatic heterocycles. The largest absolute Gasteiger partial charge is 0.507 e. The minimum atomic E-state index is -0.886. The van der Waals surface area contributed by atoms with Gasteiger partial charge >= 0.3 is 12.1 Å². The number of rotatable bonds is 8. The number of phenolic OH excluding ortho intramolecular Hbond substituents is 2. The Morgan fingerprint density at radius 2 is 1.62 bits per heavy atom. The summed E-state index contributed by atoms with van der Waals surface area (Å²) in [5, 5.41) is 26.1. The van der Waals surface area contributed by atoms with Crippen molar-refractivity contribution in [1.29, 1.82) is 0 Å². The van der Waals surface area contributed by atoms with Crippen LogP contribution in [0.1, 0.15) is 72.9 Å². The summed E-state index contributed by atoms with van der Waals surface area (Å²) >= 11 is 0. The van der Waals surface area contributed by atoms with Crippen molar-refractivity contribution < 1.29 is 38.9 Å². The number of carbonyl (C=O) groups excluding carboxylic acids is 4. The lowest BCUT2D eigenvalue weighted by Gasteiger charge is -2.24. The number of hydrogen-bond donors (Lipinski definition) is 4. The molecule has 198 valence electrons. The van der Waals surface area contributed by atoms with Gasteiger partial charge < -0.3 is 30.3 Å². The summed E-state index contributed by atoms with van der Waals surface area (Å²) in [6.45, 7) is 9.00. The average molecular weight is 513 g/mol. The maximum Gasteiger partial charge on any atom is 0.408 e. The summed E-state index contributed by atoms with van der Waals surface area (Å²) < 4.78 is 10.5. The predicted molar refractivity (Wildman–Crippen MR) is 135 cm³/mol. The number of aromatic hydroxyl groups is 2. The van der Waals surface area contributed by atoms with Gasteiger partial charge in [0.05, 0.1) is 23.3 Å². The van der Waals surface area contributed by atoms with Crippen molar-refractivity contribution in [3.05, 3.63) is 52.6 Å². The number of esters is 1. The van der Waals surface area contributed by atoms with Gasteiger partial charge in [-0.25, -0.2) is 9.59 Å². The van der Waals surface area contributed by atoms with Crippen LogP contribution < -0.4 is 10.6 Å². The van der Waals surface area contributed by atoms with E-state index in [9.17, 15) is 29.4 Å². The molecule has 0 heterocycles. The molecule has 2 aromatic rings. The molecular formula is C27H32N2O8. The van der Waals surface area contributed by atoms with Crippen molar-refractivity contribution in [3.8, 4) is 11.5 Å². The van der Waals surface area contributed by atoms with Gasteiger partial charge in [0.1, 0.15) is 23.1 Å². The van der Waals surface area contributed by atoms with E-state index in [0.717, 1.165) is 0 Å². The first kappa shape index (κ1) is 27.5. The summed E-state index contributed by atoms with van der Waals surface area (Å²) in [5.41, 5.74) is -0.652. The zero-order chi connectivity index (χ0) is 27.5. The average Bonchev–Trinajstić information content (AvgIpc) is 2.79. The second-order valence-corrected chi connectivity index (χ2v) is 10.1. The summed E-state index contributed by atoms with van der Waals surface area (Å²) in [7, 11) is 0. The fourth-order valence-electron chi connectivity index (χ4n) is 3.92. The summed E-state index contributed by atoms with van der Waals surface area (Å²) in [6.07, 6.45) is -0.364. The Morgan fingerprint density at radius 3 is 2.27 bits per heavy atom. The Balaban J connectivity index is 1.62. The third kappa shape index (κ3) is 6.19. The zero-order valence-electron chi connectivity index (χ0n) is 21.5. The minimum Gasteiger partial charge on any atom is -0.507 e. The topological polar surface area (TPSA) is 151 Å². The Labute approximate surface area is 215 Å². The number of phenols is 2. The number of benzene rings is 2. The first-order chi connectivity index (χ1) is 17.3. The summed E-state index contributed by atoms with van der Waals surface area (Å²) in [6, 6.07) is 6.10. The highest BCUT2D eigenvalue weighted by Gasteiger charge is 2.36. The smallest absolute Gasteiger partial charge is 0.408 e. The van der Waals surface area contributed by atoms with Crippen molar-refractivity contribution in [1.82, 2.24) is 5.32 Å². The van der Waals surface area contributed by atoms with Crippen LogP contribution in [0.3, 0.4) is 0 Å². The Morgan fingerprint density at radius 1 is 0.946 bits per heavy atom. The molecule has 0 radical (unpaired) electrons. The van der Waals surface area contributed by atoms with E-state index in [1.54, 1.807) is 34.6 Å². The minimum absolute atomic E-state index is 0.0246. The number of anilines is 1. The normalized spacial score (nSPS) is 13.5. The first-order valence-electron chi connectivity index (χ1n) is 12.0. The number of nitrogens with one attached hydrogen (secondary N) is 2. The molecule has 1 amide bonds. The van der Waals surface area contributed by atoms with E-state index in [1.165, 1.54) is 30.3 Å². The molecule has 0 saturated heterocycles. The molecule has 1 atom stereocenters. The van der Waals surface area contributed by atoms with Crippen LogP contribution in [-0.2, 0) is 14.3 Å². The van der Waals surface area contributed by atoms with E-state index in [0.29, 0.717) is 12.1 Å². The molecule has 4 N–H and O–H groups in total. The molecule has 0 unspecified atom stereocenters. The molecule has 0 saturated carbocycles. The van der Waals surface area contributed by atoms with Gasteiger partial charge in [-0.2, -0.15) is 0 Å². The summed E-state index contributed by atoms with van der Waals surface area (Å²) in [4.78, 5) is 50.7. The van der Waals surface area contributed by atoms with Crippen LogP contribution in [0.2, 0.25) is 0 Å². The van der Waals surface area contributed by atoms with Gasteiger partial charge in [-0.15, -0.1) is 0 Å². The predicted octanol–water partition coefficient (Wildman–Crippen LogP) is 3.77. The van der Waals surface area contributed by atoms with E-state index in [1.807, 2.05) is 0 Å².